The number of hydrogen-bond acceptors (Lipinski definition) is 3. The highest BCUT2D eigenvalue weighted by molar-refractivity contribution is 5.35. The molecule has 0 fully saturated rings. The maximum absolute atomic E-state index is 10.4. The van der Waals surface area contributed by atoms with E-state index in [1.807, 2.05) is 0 Å². The van der Waals surface area contributed by atoms with Crippen molar-refractivity contribution in [2.24, 2.45) is 0 Å². The smallest absolute Gasteiger partial charge is 0.289 e. The summed E-state index contributed by atoms with van der Waals surface area (Å²) in [5.41, 5.74) is 0.744. The van der Waals surface area contributed by atoms with E-state index in [-0.39, 0.29) is 5.69 Å². The number of rotatable bonds is 4. The first-order valence-electron chi connectivity index (χ1n) is 3.55. The molecule has 1 aromatic heterocycles. The monoisotopic (exact) mass is 170 g/mol. The predicted octanol–water partition coefficient (Wildman–Crippen LogP) is 1.11. The van der Waals surface area contributed by atoms with Crippen LogP contribution in [-0.2, 0) is 11.2 Å². The third kappa shape index (κ3) is 1.82. The molecule has 0 bridgehead atoms. The Morgan fingerprint density at radius 2 is 2.50 bits per heavy atom. The van der Waals surface area contributed by atoms with E-state index < -0.39 is 4.92 Å². The van der Waals surface area contributed by atoms with E-state index in [0.717, 1.165) is 0 Å². The van der Waals surface area contributed by atoms with Gasteiger partial charge >= 0.3 is 0 Å². The molecular formula is C7H10N2O3. The number of nitro groups is 1. The molecule has 0 radical (unpaired) electrons. The van der Waals surface area contributed by atoms with Crippen molar-refractivity contribution in [2.75, 3.05) is 13.7 Å². The minimum Gasteiger partial charge on any atom is -0.384 e. The minimum atomic E-state index is -0.401. The van der Waals surface area contributed by atoms with E-state index in [0.29, 0.717) is 18.7 Å². The van der Waals surface area contributed by atoms with E-state index in [9.17, 15) is 10.1 Å². The van der Waals surface area contributed by atoms with E-state index in [1.165, 1.54) is 6.07 Å². The van der Waals surface area contributed by atoms with Crippen molar-refractivity contribution in [1.29, 1.82) is 0 Å². The van der Waals surface area contributed by atoms with Crippen LogP contribution in [0.15, 0.2) is 12.3 Å². The third-order valence-electron chi connectivity index (χ3n) is 1.56. The van der Waals surface area contributed by atoms with Crippen molar-refractivity contribution < 1.29 is 9.66 Å². The SMILES string of the molecule is COCCc1[nH]ccc1[N+](=O)[O-]. The fourth-order valence-electron chi connectivity index (χ4n) is 0.971. The summed E-state index contributed by atoms with van der Waals surface area (Å²) in [6, 6.07) is 1.45. The van der Waals surface area contributed by atoms with Crippen LogP contribution in [0.3, 0.4) is 0 Å². The lowest BCUT2D eigenvalue weighted by Gasteiger charge is -1.95. The molecule has 0 aliphatic carbocycles. The molecule has 12 heavy (non-hydrogen) atoms. The maximum Gasteiger partial charge on any atom is 0.289 e. The van der Waals surface area contributed by atoms with Gasteiger partial charge in [-0.2, -0.15) is 0 Å². The summed E-state index contributed by atoms with van der Waals surface area (Å²) in [5, 5.41) is 10.4. The van der Waals surface area contributed by atoms with Crippen molar-refractivity contribution >= 4 is 5.69 Å². The molecule has 0 aliphatic rings. The zero-order valence-electron chi connectivity index (χ0n) is 6.74. The number of H-pyrrole nitrogens is 1. The summed E-state index contributed by atoms with van der Waals surface area (Å²) >= 11 is 0. The molecule has 0 spiro atoms. The van der Waals surface area contributed by atoms with Gasteiger partial charge in [-0.05, 0) is 0 Å². The van der Waals surface area contributed by atoms with Crippen LogP contribution in [0.2, 0.25) is 0 Å². The standard InChI is InChI=1S/C7H10N2O3/c1-12-5-3-6-7(9(10)11)2-4-8-6/h2,4,8H,3,5H2,1H3. The molecule has 0 saturated heterocycles. The van der Waals surface area contributed by atoms with Gasteiger partial charge in [0.15, 0.2) is 0 Å². The number of aromatic nitrogens is 1. The van der Waals surface area contributed by atoms with Gasteiger partial charge in [-0.3, -0.25) is 10.1 Å². The van der Waals surface area contributed by atoms with E-state index in [4.69, 9.17) is 4.74 Å². The van der Waals surface area contributed by atoms with Crippen LogP contribution >= 0.6 is 0 Å². The van der Waals surface area contributed by atoms with Crippen LogP contribution < -0.4 is 0 Å². The molecule has 1 N–H and O–H groups in total. The Balaban J connectivity index is 2.70. The second-order valence-electron chi connectivity index (χ2n) is 2.34. The summed E-state index contributed by atoms with van der Waals surface area (Å²) in [4.78, 5) is 12.8. The lowest BCUT2D eigenvalue weighted by molar-refractivity contribution is -0.385. The summed E-state index contributed by atoms with van der Waals surface area (Å²) in [6.07, 6.45) is 2.10. The topological polar surface area (TPSA) is 68.2 Å². The molecule has 0 aliphatic heterocycles. The molecule has 5 heteroatoms. The average molecular weight is 170 g/mol. The summed E-state index contributed by atoms with van der Waals surface area (Å²) < 4.78 is 4.81. The highest BCUT2D eigenvalue weighted by Crippen LogP contribution is 2.16. The lowest BCUT2D eigenvalue weighted by Crippen LogP contribution is -1.98. The van der Waals surface area contributed by atoms with Crippen LogP contribution in [0.4, 0.5) is 5.69 Å². The summed E-state index contributed by atoms with van der Waals surface area (Å²) in [6.45, 7) is 0.487. The Labute approximate surface area is 69.5 Å². The highest BCUT2D eigenvalue weighted by atomic mass is 16.6. The summed E-state index contributed by atoms with van der Waals surface area (Å²) in [7, 11) is 1.56. The van der Waals surface area contributed by atoms with Gasteiger partial charge in [-0.25, -0.2) is 0 Å². The van der Waals surface area contributed by atoms with Crippen LogP contribution in [0.1, 0.15) is 5.69 Å². The quantitative estimate of drug-likeness (QED) is 0.543. The van der Waals surface area contributed by atoms with Gasteiger partial charge in [0.05, 0.1) is 17.2 Å². The number of aromatic amines is 1. The first-order chi connectivity index (χ1) is 5.75. The number of nitrogens with one attached hydrogen (secondary N) is 1. The Kier molecular flexibility index (Phi) is 2.82. The molecule has 5 nitrogen and oxygen atoms in total. The predicted molar refractivity (Wildman–Crippen MR) is 43.0 cm³/mol. The molecule has 66 valence electrons. The first kappa shape index (κ1) is 8.73. The van der Waals surface area contributed by atoms with Gasteiger partial charge in [0.1, 0.15) is 0 Å². The average Bonchev–Trinajstić information content (AvgIpc) is 2.48. The fraction of sp³-hybridized carbons (Fsp3) is 0.429. The molecular weight excluding hydrogens is 160 g/mol. The second-order valence-corrected chi connectivity index (χ2v) is 2.34. The molecule has 1 heterocycles. The largest absolute Gasteiger partial charge is 0.384 e. The van der Waals surface area contributed by atoms with Crippen molar-refractivity contribution in [3.05, 3.63) is 28.1 Å². The van der Waals surface area contributed by atoms with Crippen LogP contribution in [-0.4, -0.2) is 23.6 Å². The zero-order valence-corrected chi connectivity index (χ0v) is 6.74. The Morgan fingerprint density at radius 3 is 3.08 bits per heavy atom. The van der Waals surface area contributed by atoms with Gasteiger partial charge in [0, 0.05) is 25.8 Å². The summed E-state index contributed by atoms with van der Waals surface area (Å²) in [5.74, 6) is 0. The van der Waals surface area contributed by atoms with Gasteiger partial charge in [0.2, 0.25) is 0 Å². The second kappa shape index (κ2) is 3.87. The normalized spacial score (nSPS) is 10.1. The molecule has 0 saturated carbocycles. The number of methoxy groups -OCH3 is 1. The van der Waals surface area contributed by atoms with Gasteiger partial charge in [-0.15, -0.1) is 0 Å². The highest BCUT2D eigenvalue weighted by Gasteiger charge is 2.13. The Morgan fingerprint density at radius 1 is 1.75 bits per heavy atom. The fourth-order valence-corrected chi connectivity index (χ4v) is 0.971. The zero-order chi connectivity index (χ0) is 8.97. The van der Waals surface area contributed by atoms with Crippen molar-refractivity contribution in [1.82, 2.24) is 4.98 Å². The minimum absolute atomic E-state index is 0.132. The van der Waals surface area contributed by atoms with Gasteiger partial charge < -0.3 is 9.72 Å². The van der Waals surface area contributed by atoms with Crippen LogP contribution in [0.5, 0.6) is 0 Å². The Hall–Kier alpha value is -1.36. The van der Waals surface area contributed by atoms with E-state index in [2.05, 4.69) is 4.98 Å². The molecule has 0 atom stereocenters. The van der Waals surface area contributed by atoms with Crippen LogP contribution in [0.25, 0.3) is 0 Å². The Bertz CT molecular complexity index is 269. The first-order valence-corrected chi connectivity index (χ1v) is 3.55. The number of ether oxygens (including phenoxy) is 1. The molecule has 0 amide bonds. The third-order valence-corrected chi connectivity index (χ3v) is 1.56. The van der Waals surface area contributed by atoms with Gasteiger partial charge in [0.25, 0.3) is 5.69 Å². The molecule has 1 aromatic rings. The lowest BCUT2D eigenvalue weighted by atomic mass is 10.3. The number of nitrogens with zero attached hydrogens (tertiary/aromatic N) is 1. The van der Waals surface area contributed by atoms with Crippen molar-refractivity contribution in [3.63, 3.8) is 0 Å². The van der Waals surface area contributed by atoms with E-state index in [1.54, 1.807) is 13.3 Å². The molecule has 0 aromatic carbocycles. The van der Waals surface area contributed by atoms with Crippen molar-refractivity contribution in [2.45, 2.75) is 6.42 Å². The maximum atomic E-state index is 10.4. The molecule has 0 unspecified atom stereocenters. The van der Waals surface area contributed by atoms with Gasteiger partial charge in [-0.1, -0.05) is 0 Å². The van der Waals surface area contributed by atoms with E-state index >= 15 is 0 Å². The van der Waals surface area contributed by atoms with Crippen molar-refractivity contribution in [3.8, 4) is 0 Å². The number of hydrogen-bond donors (Lipinski definition) is 1. The molecule has 1 rings (SSSR count). The van der Waals surface area contributed by atoms with Crippen LogP contribution in [0, 0.1) is 10.1 Å².